The number of nitrogens with one attached hydrogen (secondary N) is 1. The van der Waals surface area contributed by atoms with Crippen LogP contribution in [-0.4, -0.2) is 62.4 Å². The number of carbonyl (C=O) groups excluding carboxylic acids is 2. The van der Waals surface area contributed by atoms with Crippen LogP contribution in [0.2, 0.25) is 0 Å². The van der Waals surface area contributed by atoms with Crippen molar-refractivity contribution in [1.29, 1.82) is 0 Å². The van der Waals surface area contributed by atoms with Crippen LogP contribution in [0.1, 0.15) is 15.9 Å². The summed E-state index contributed by atoms with van der Waals surface area (Å²) in [6.07, 6.45) is 0. The van der Waals surface area contributed by atoms with Gasteiger partial charge in [0.25, 0.3) is 11.6 Å². The molecule has 170 valence electrons. The Morgan fingerprint density at radius 3 is 2.44 bits per heavy atom. The molecule has 1 N–H and O–H groups in total. The Balaban J connectivity index is 1.63. The zero-order valence-electron chi connectivity index (χ0n) is 17.1. The summed E-state index contributed by atoms with van der Waals surface area (Å²) < 4.78 is 37.3. The molecule has 1 heterocycles. The van der Waals surface area contributed by atoms with E-state index in [1.54, 1.807) is 19.1 Å². The lowest BCUT2D eigenvalue weighted by Gasteiger charge is -2.26. The Labute approximate surface area is 184 Å². The number of ether oxygens (including phenoxy) is 2. The first-order chi connectivity index (χ1) is 15.2. The molecule has 32 heavy (non-hydrogen) atoms. The Kier molecular flexibility index (Phi) is 7.18. The lowest BCUT2D eigenvalue weighted by Crippen LogP contribution is -2.40. The number of morpholine rings is 1. The molecule has 0 unspecified atom stereocenters. The van der Waals surface area contributed by atoms with Gasteiger partial charge in [0.1, 0.15) is 0 Å². The van der Waals surface area contributed by atoms with E-state index < -0.39 is 33.4 Å². The van der Waals surface area contributed by atoms with Crippen LogP contribution in [0.4, 0.5) is 11.4 Å². The molecule has 2 aromatic carbocycles. The third-order valence-electron chi connectivity index (χ3n) is 4.71. The molecule has 11 nitrogen and oxygen atoms in total. The molecule has 2 aromatic rings. The lowest BCUT2D eigenvalue weighted by atomic mass is 10.2. The highest BCUT2D eigenvalue weighted by Crippen LogP contribution is 2.24. The average Bonchev–Trinajstić information content (AvgIpc) is 2.79. The van der Waals surface area contributed by atoms with Crippen molar-refractivity contribution in [2.24, 2.45) is 0 Å². The fourth-order valence-corrected chi connectivity index (χ4v) is 4.67. The second-order valence-electron chi connectivity index (χ2n) is 6.93. The van der Waals surface area contributed by atoms with Crippen LogP contribution >= 0.6 is 0 Å². The van der Waals surface area contributed by atoms with Crippen molar-refractivity contribution in [3.05, 3.63) is 63.7 Å². The number of nitro groups is 1. The second-order valence-corrected chi connectivity index (χ2v) is 8.83. The molecule has 3 rings (SSSR count). The zero-order valence-corrected chi connectivity index (χ0v) is 18.0. The highest BCUT2D eigenvalue weighted by molar-refractivity contribution is 7.89. The number of hydrogen-bond donors (Lipinski definition) is 1. The van der Waals surface area contributed by atoms with Crippen molar-refractivity contribution in [3.8, 4) is 0 Å². The van der Waals surface area contributed by atoms with Gasteiger partial charge in [-0.2, -0.15) is 4.31 Å². The lowest BCUT2D eigenvalue weighted by molar-refractivity contribution is -0.384. The molecule has 0 bridgehead atoms. The van der Waals surface area contributed by atoms with E-state index in [4.69, 9.17) is 9.47 Å². The third-order valence-corrected chi connectivity index (χ3v) is 6.75. The summed E-state index contributed by atoms with van der Waals surface area (Å²) in [5.41, 5.74) is 0.636. The summed E-state index contributed by atoms with van der Waals surface area (Å²) in [6, 6.07) is 9.23. The largest absolute Gasteiger partial charge is 0.452 e. The van der Waals surface area contributed by atoms with Crippen LogP contribution in [0.3, 0.4) is 0 Å². The van der Waals surface area contributed by atoms with Gasteiger partial charge in [0.2, 0.25) is 10.0 Å². The summed E-state index contributed by atoms with van der Waals surface area (Å²) in [5, 5.41) is 13.2. The molecular formula is C20H21N3O8S. The number of non-ortho nitro benzene ring substituents is 1. The number of anilines is 1. The van der Waals surface area contributed by atoms with E-state index >= 15 is 0 Å². The monoisotopic (exact) mass is 463 g/mol. The van der Waals surface area contributed by atoms with Gasteiger partial charge in [-0.25, -0.2) is 13.2 Å². The highest BCUT2D eigenvalue weighted by atomic mass is 32.2. The summed E-state index contributed by atoms with van der Waals surface area (Å²) in [5.74, 6) is -1.49. The normalized spacial score (nSPS) is 14.5. The number of aryl methyl sites for hydroxylation is 1. The van der Waals surface area contributed by atoms with E-state index in [1.165, 1.54) is 22.5 Å². The van der Waals surface area contributed by atoms with Crippen LogP contribution in [0.25, 0.3) is 0 Å². The minimum Gasteiger partial charge on any atom is -0.452 e. The Morgan fingerprint density at radius 2 is 1.81 bits per heavy atom. The summed E-state index contributed by atoms with van der Waals surface area (Å²) in [6.45, 7) is 2.16. The van der Waals surface area contributed by atoms with Crippen LogP contribution < -0.4 is 5.32 Å². The Hall–Kier alpha value is -3.35. The first-order valence-corrected chi connectivity index (χ1v) is 11.0. The first kappa shape index (κ1) is 23.3. The van der Waals surface area contributed by atoms with Gasteiger partial charge in [0.15, 0.2) is 6.61 Å². The number of sulfonamides is 1. The van der Waals surface area contributed by atoms with E-state index in [0.29, 0.717) is 18.8 Å². The van der Waals surface area contributed by atoms with E-state index in [1.807, 2.05) is 0 Å². The smallest absolute Gasteiger partial charge is 0.338 e. The van der Waals surface area contributed by atoms with Gasteiger partial charge < -0.3 is 14.8 Å². The summed E-state index contributed by atoms with van der Waals surface area (Å²) >= 11 is 0. The van der Waals surface area contributed by atoms with Gasteiger partial charge >= 0.3 is 5.97 Å². The predicted octanol–water partition coefficient (Wildman–Crippen LogP) is 1.72. The number of benzene rings is 2. The van der Waals surface area contributed by atoms with E-state index in [0.717, 1.165) is 12.1 Å². The van der Waals surface area contributed by atoms with Gasteiger partial charge in [-0.1, -0.05) is 6.07 Å². The van der Waals surface area contributed by atoms with Gasteiger partial charge in [-0.15, -0.1) is 0 Å². The molecule has 1 aliphatic rings. The maximum absolute atomic E-state index is 12.9. The van der Waals surface area contributed by atoms with E-state index in [9.17, 15) is 28.1 Å². The van der Waals surface area contributed by atoms with Gasteiger partial charge in [-0.3, -0.25) is 14.9 Å². The predicted molar refractivity (Wildman–Crippen MR) is 113 cm³/mol. The van der Waals surface area contributed by atoms with Crippen molar-refractivity contribution in [3.63, 3.8) is 0 Å². The second kappa shape index (κ2) is 9.85. The number of nitrogens with zero attached hydrogens (tertiary/aromatic N) is 2. The number of carbonyl (C=O) groups is 2. The van der Waals surface area contributed by atoms with Gasteiger partial charge in [-0.05, 0) is 36.8 Å². The topological polar surface area (TPSA) is 145 Å². The molecule has 0 aliphatic carbocycles. The number of nitro benzene ring substituents is 1. The maximum Gasteiger partial charge on any atom is 0.338 e. The van der Waals surface area contributed by atoms with Gasteiger partial charge in [0, 0.05) is 30.9 Å². The van der Waals surface area contributed by atoms with Gasteiger partial charge in [0.05, 0.1) is 28.6 Å². The van der Waals surface area contributed by atoms with Crippen molar-refractivity contribution >= 4 is 33.3 Å². The number of hydrogen-bond acceptors (Lipinski definition) is 8. The standard InChI is InChI=1S/C20H21N3O8S/c1-14-2-5-16(12-18(14)32(28,29)22-8-10-30-11-9-22)21-19(24)13-31-20(25)15-3-6-17(7-4-15)23(26)27/h2-7,12H,8-11,13H2,1H3,(H,21,24). The molecule has 1 amide bonds. The van der Waals surface area contributed by atoms with Crippen LogP contribution in [0, 0.1) is 17.0 Å². The molecule has 1 fully saturated rings. The van der Waals surface area contributed by atoms with Crippen LogP contribution in [-0.2, 0) is 24.3 Å². The van der Waals surface area contributed by atoms with Crippen molar-refractivity contribution < 1.29 is 32.4 Å². The number of rotatable bonds is 7. The van der Waals surface area contributed by atoms with Crippen molar-refractivity contribution in [2.45, 2.75) is 11.8 Å². The molecule has 0 radical (unpaired) electrons. The Morgan fingerprint density at radius 1 is 1.16 bits per heavy atom. The quantitative estimate of drug-likeness (QED) is 0.371. The number of amides is 1. The van der Waals surface area contributed by atoms with Crippen LogP contribution in [0.5, 0.6) is 0 Å². The Bertz CT molecular complexity index is 1130. The van der Waals surface area contributed by atoms with E-state index in [-0.39, 0.29) is 34.9 Å². The number of esters is 1. The minimum absolute atomic E-state index is 0.0534. The minimum atomic E-state index is -3.75. The molecule has 0 saturated carbocycles. The van der Waals surface area contributed by atoms with Crippen molar-refractivity contribution in [2.75, 3.05) is 38.2 Å². The van der Waals surface area contributed by atoms with Crippen LogP contribution in [0.15, 0.2) is 47.4 Å². The maximum atomic E-state index is 12.9. The highest BCUT2D eigenvalue weighted by Gasteiger charge is 2.28. The summed E-state index contributed by atoms with van der Waals surface area (Å²) in [4.78, 5) is 34.3. The fourth-order valence-electron chi connectivity index (χ4n) is 3.01. The fraction of sp³-hybridized carbons (Fsp3) is 0.300. The van der Waals surface area contributed by atoms with Crippen molar-refractivity contribution in [1.82, 2.24) is 4.31 Å². The molecule has 0 spiro atoms. The molecule has 12 heteroatoms. The molecule has 1 saturated heterocycles. The molecule has 0 atom stereocenters. The molecule has 0 aromatic heterocycles. The summed E-state index contributed by atoms with van der Waals surface area (Å²) in [7, 11) is -3.75. The molecule has 1 aliphatic heterocycles. The average molecular weight is 463 g/mol. The zero-order chi connectivity index (χ0) is 23.3. The third kappa shape index (κ3) is 5.46. The first-order valence-electron chi connectivity index (χ1n) is 9.58. The van der Waals surface area contributed by atoms with E-state index in [2.05, 4.69) is 5.32 Å². The SMILES string of the molecule is Cc1ccc(NC(=O)COC(=O)c2ccc([N+](=O)[O-])cc2)cc1S(=O)(=O)N1CCOCC1. The molecular weight excluding hydrogens is 442 g/mol.